The number of hydrogen-bond donors (Lipinski definition) is 1. The molecule has 6 heteroatoms. The number of halogens is 3. The largest absolute Gasteiger partial charge is 0.496 e. The van der Waals surface area contributed by atoms with Gasteiger partial charge in [0.25, 0.3) is 0 Å². The first-order valence-corrected chi connectivity index (χ1v) is 6.42. The Balaban J connectivity index is 2.25. The Hall–Kier alpha value is -1.27. The van der Waals surface area contributed by atoms with E-state index in [1.807, 2.05) is 31.2 Å². The van der Waals surface area contributed by atoms with Crippen molar-refractivity contribution in [2.45, 2.75) is 25.6 Å². The fraction of sp³-hybridized carbons (Fsp3) is 0.571. The monoisotopic (exact) mass is 291 g/mol. The summed E-state index contributed by atoms with van der Waals surface area (Å²) in [6.45, 7) is 1.19. The van der Waals surface area contributed by atoms with Crippen molar-refractivity contribution in [1.82, 2.24) is 5.32 Å². The topological polar surface area (TPSA) is 30.5 Å². The third-order valence-electron chi connectivity index (χ3n) is 2.72. The molecular formula is C14H20F3NO2. The van der Waals surface area contributed by atoms with Crippen LogP contribution >= 0.6 is 0 Å². The lowest BCUT2D eigenvalue weighted by Crippen LogP contribution is -2.32. The Morgan fingerprint density at radius 2 is 1.95 bits per heavy atom. The van der Waals surface area contributed by atoms with Gasteiger partial charge in [-0.3, -0.25) is 0 Å². The van der Waals surface area contributed by atoms with E-state index >= 15 is 0 Å². The maximum absolute atomic E-state index is 11.9. The summed E-state index contributed by atoms with van der Waals surface area (Å²) in [5.41, 5.74) is 1.06. The lowest BCUT2D eigenvalue weighted by atomic mass is 10.1. The summed E-state index contributed by atoms with van der Waals surface area (Å²) in [7, 11) is 1.61. The van der Waals surface area contributed by atoms with Crippen LogP contribution in [0.4, 0.5) is 13.2 Å². The van der Waals surface area contributed by atoms with E-state index in [1.165, 1.54) is 0 Å². The van der Waals surface area contributed by atoms with Crippen molar-refractivity contribution in [3.05, 3.63) is 29.8 Å². The van der Waals surface area contributed by atoms with Crippen LogP contribution in [-0.4, -0.2) is 39.1 Å². The molecule has 1 rings (SSSR count). The van der Waals surface area contributed by atoms with Crippen LogP contribution in [0.1, 0.15) is 12.5 Å². The maximum atomic E-state index is 11.9. The van der Waals surface area contributed by atoms with Crippen molar-refractivity contribution in [3.8, 4) is 5.75 Å². The van der Waals surface area contributed by atoms with Gasteiger partial charge in [-0.25, -0.2) is 0 Å². The third kappa shape index (κ3) is 6.77. The molecule has 20 heavy (non-hydrogen) atoms. The highest BCUT2D eigenvalue weighted by atomic mass is 19.4. The van der Waals surface area contributed by atoms with Gasteiger partial charge in [0.15, 0.2) is 0 Å². The molecule has 0 saturated heterocycles. The first kappa shape index (κ1) is 16.8. The fourth-order valence-electron chi connectivity index (χ4n) is 1.84. The van der Waals surface area contributed by atoms with Gasteiger partial charge >= 0.3 is 6.18 Å². The van der Waals surface area contributed by atoms with Crippen molar-refractivity contribution in [3.63, 3.8) is 0 Å². The van der Waals surface area contributed by atoms with Gasteiger partial charge in [-0.05, 0) is 25.0 Å². The van der Waals surface area contributed by atoms with Gasteiger partial charge in [0.2, 0.25) is 0 Å². The van der Waals surface area contributed by atoms with Crippen LogP contribution < -0.4 is 10.1 Å². The molecule has 0 bridgehead atoms. The SMILES string of the molecule is COc1ccccc1CC(C)NCCOCC(F)(F)F. The van der Waals surface area contributed by atoms with Crippen LogP contribution in [-0.2, 0) is 11.2 Å². The molecule has 114 valence electrons. The van der Waals surface area contributed by atoms with E-state index in [0.717, 1.165) is 17.7 Å². The highest BCUT2D eigenvalue weighted by molar-refractivity contribution is 5.33. The van der Waals surface area contributed by atoms with Crippen LogP contribution in [0.15, 0.2) is 24.3 Å². The zero-order valence-corrected chi connectivity index (χ0v) is 11.7. The molecular weight excluding hydrogens is 271 g/mol. The Kier molecular flexibility index (Phi) is 6.81. The van der Waals surface area contributed by atoms with Gasteiger partial charge < -0.3 is 14.8 Å². The lowest BCUT2D eigenvalue weighted by molar-refractivity contribution is -0.173. The second kappa shape index (κ2) is 8.11. The third-order valence-corrected chi connectivity index (χ3v) is 2.72. The van der Waals surface area contributed by atoms with E-state index in [1.54, 1.807) is 7.11 Å². The second-order valence-electron chi connectivity index (χ2n) is 4.54. The van der Waals surface area contributed by atoms with Crippen molar-refractivity contribution >= 4 is 0 Å². The first-order chi connectivity index (χ1) is 9.42. The number of ether oxygens (including phenoxy) is 2. The van der Waals surface area contributed by atoms with Crippen molar-refractivity contribution in [2.24, 2.45) is 0 Å². The Labute approximate surface area is 117 Å². The summed E-state index contributed by atoms with van der Waals surface area (Å²) >= 11 is 0. The minimum absolute atomic E-state index is 0.0375. The Bertz CT molecular complexity index is 396. The van der Waals surface area contributed by atoms with Crippen LogP contribution in [0.25, 0.3) is 0 Å². The van der Waals surface area contributed by atoms with Crippen molar-refractivity contribution < 1.29 is 22.6 Å². The molecule has 1 unspecified atom stereocenters. The van der Waals surface area contributed by atoms with Crippen molar-refractivity contribution in [2.75, 3.05) is 26.9 Å². The van der Waals surface area contributed by atoms with Gasteiger partial charge in [-0.1, -0.05) is 18.2 Å². The molecule has 0 radical (unpaired) electrons. The van der Waals surface area contributed by atoms with Gasteiger partial charge in [-0.15, -0.1) is 0 Å². The minimum atomic E-state index is -4.26. The van der Waals surface area contributed by atoms with E-state index in [0.29, 0.717) is 6.54 Å². The summed E-state index contributed by atoms with van der Waals surface area (Å²) in [4.78, 5) is 0. The number of hydrogen-bond acceptors (Lipinski definition) is 3. The standard InChI is InChI=1S/C14H20F3NO2/c1-11(18-7-8-20-10-14(15,16)17)9-12-5-3-4-6-13(12)19-2/h3-6,11,18H,7-10H2,1-2H3. The fourth-order valence-corrected chi connectivity index (χ4v) is 1.84. The molecule has 1 N–H and O–H groups in total. The average molecular weight is 291 g/mol. The quantitative estimate of drug-likeness (QED) is 0.747. The van der Waals surface area contributed by atoms with Crippen LogP contribution in [0, 0.1) is 0 Å². The summed E-state index contributed by atoms with van der Waals surface area (Å²) in [5, 5.41) is 3.12. The van der Waals surface area contributed by atoms with Gasteiger partial charge in [0.1, 0.15) is 12.4 Å². The highest BCUT2D eigenvalue weighted by Crippen LogP contribution is 2.18. The number of para-hydroxylation sites is 1. The molecule has 0 aromatic heterocycles. The molecule has 0 heterocycles. The minimum Gasteiger partial charge on any atom is -0.496 e. The summed E-state index contributed by atoms with van der Waals surface area (Å²) in [6, 6.07) is 7.80. The molecule has 0 spiro atoms. The first-order valence-electron chi connectivity index (χ1n) is 6.42. The zero-order valence-electron chi connectivity index (χ0n) is 11.7. The molecule has 1 aromatic carbocycles. The average Bonchev–Trinajstić information content (AvgIpc) is 2.37. The number of methoxy groups -OCH3 is 1. The van der Waals surface area contributed by atoms with Crippen LogP contribution in [0.3, 0.4) is 0 Å². The summed E-state index contributed by atoms with van der Waals surface area (Å²) in [6.07, 6.45) is -3.52. The second-order valence-corrected chi connectivity index (χ2v) is 4.54. The number of rotatable bonds is 8. The predicted octanol–water partition coefficient (Wildman–Crippen LogP) is 2.79. The predicted molar refractivity (Wildman–Crippen MR) is 71.0 cm³/mol. The lowest BCUT2D eigenvalue weighted by Gasteiger charge is -2.16. The maximum Gasteiger partial charge on any atom is 0.411 e. The van der Waals surface area contributed by atoms with Crippen molar-refractivity contribution in [1.29, 1.82) is 0 Å². The van der Waals surface area contributed by atoms with Gasteiger partial charge in [0, 0.05) is 12.6 Å². The Morgan fingerprint density at radius 1 is 1.25 bits per heavy atom. The molecule has 0 saturated carbocycles. The zero-order chi connectivity index (χ0) is 15.0. The summed E-state index contributed by atoms with van der Waals surface area (Å²) in [5.74, 6) is 0.814. The number of alkyl halides is 3. The van der Waals surface area contributed by atoms with Gasteiger partial charge in [0.05, 0.1) is 13.7 Å². The van der Waals surface area contributed by atoms with E-state index in [2.05, 4.69) is 10.1 Å². The Morgan fingerprint density at radius 3 is 2.60 bits per heavy atom. The smallest absolute Gasteiger partial charge is 0.411 e. The highest BCUT2D eigenvalue weighted by Gasteiger charge is 2.27. The van der Waals surface area contributed by atoms with E-state index in [9.17, 15) is 13.2 Å². The molecule has 1 atom stereocenters. The number of nitrogens with one attached hydrogen (secondary N) is 1. The van der Waals surface area contributed by atoms with E-state index in [-0.39, 0.29) is 12.6 Å². The molecule has 0 amide bonds. The molecule has 0 aliphatic rings. The van der Waals surface area contributed by atoms with Crippen LogP contribution in [0.2, 0.25) is 0 Å². The molecule has 0 aliphatic heterocycles. The van der Waals surface area contributed by atoms with Crippen LogP contribution in [0.5, 0.6) is 5.75 Å². The normalized spacial score (nSPS) is 13.2. The summed E-state index contributed by atoms with van der Waals surface area (Å²) < 4.78 is 45.3. The van der Waals surface area contributed by atoms with E-state index < -0.39 is 12.8 Å². The number of benzene rings is 1. The molecule has 0 aliphatic carbocycles. The molecule has 3 nitrogen and oxygen atoms in total. The van der Waals surface area contributed by atoms with E-state index in [4.69, 9.17) is 4.74 Å². The van der Waals surface area contributed by atoms with Gasteiger partial charge in [-0.2, -0.15) is 13.2 Å². The molecule has 0 fully saturated rings. The molecule has 1 aromatic rings.